The van der Waals surface area contributed by atoms with E-state index in [1.54, 1.807) is 18.2 Å². The number of Topliss-reactive ketones (excluding diaryl/α,β-unsaturated/α-hetero) is 1. The van der Waals surface area contributed by atoms with Crippen LogP contribution in [-0.2, 0) is 0 Å². The molecule has 1 unspecified atom stereocenters. The van der Waals surface area contributed by atoms with Crippen LogP contribution in [0.1, 0.15) is 56.3 Å². The summed E-state index contributed by atoms with van der Waals surface area (Å²) in [5, 5.41) is 0. The average molecular weight is 248 g/mol. The van der Waals surface area contributed by atoms with Gasteiger partial charge in [0.2, 0.25) is 0 Å². The number of anilines is 2. The van der Waals surface area contributed by atoms with Gasteiger partial charge in [0.15, 0.2) is 5.78 Å². The predicted octanol–water partition coefficient (Wildman–Crippen LogP) is 3.64. The fraction of sp³-hybridized carbons (Fsp3) is 0.533. The van der Waals surface area contributed by atoms with Gasteiger partial charge < -0.3 is 11.5 Å². The highest BCUT2D eigenvalue weighted by atomic mass is 16.1. The lowest BCUT2D eigenvalue weighted by molar-refractivity contribution is 0.0978. The lowest BCUT2D eigenvalue weighted by Crippen LogP contribution is -2.03. The van der Waals surface area contributed by atoms with Crippen molar-refractivity contribution in [1.82, 2.24) is 0 Å². The van der Waals surface area contributed by atoms with Gasteiger partial charge in [0, 0.05) is 23.4 Å². The molecular weight excluding hydrogens is 224 g/mol. The van der Waals surface area contributed by atoms with Crippen LogP contribution in [0, 0.1) is 5.92 Å². The van der Waals surface area contributed by atoms with Crippen molar-refractivity contribution in [1.29, 1.82) is 0 Å². The Morgan fingerprint density at radius 3 is 2.33 bits per heavy atom. The van der Waals surface area contributed by atoms with E-state index in [1.165, 1.54) is 12.8 Å². The molecule has 0 saturated heterocycles. The van der Waals surface area contributed by atoms with Crippen molar-refractivity contribution in [2.45, 2.75) is 46.0 Å². The van der Waals surface area contributed by atoms with E-state index in [4.69, 9.17) is 11.5 Å². The van der Waals surface area contributed by atoms with E-state index < -0.39 is 0 Å². The first-order chi connectivity index (χ1) is 8.52. The zero-order chi connectivity index (χ0) is 13.5. The number of rotatable bonds is 7. The molecule has 0 fully saturated rings. The Morgan fingerprint density at radius 1 is 1.17 bits per heavy atom. The van der Waals surface area contributed by atoms with E-state index in [1.807, 2.05) is 0 Å². The molecule has 18 heavy (non-hydrogen) atoms. The van der Waals surface area contributed by atoms with E-state index >= 15 is 0 Å². The molecule has 0 aromatic heterocycles. The molecule has 0 saturated carbocycles. The maximum Gasteiger partial charge on any atom is 0.163 e. The van der Waals surface area contributed by atoms with Gasteiger partial charge in [0.1, 0.15) is 0 Å². The van der Waals surface area contributed by atoms with Crippen LogP contribution in [0.25, 0.3) is 0 Å². The van der Waals surface area contributed by atoms with Crippen LogP contribution in [0.5, 0.6) is 0 Å². The summed E-state index contributed by atoms with van der Waals surface area (Å²) in [6.45, 7) is 4.43. The van der Waals surface area contributed by atoms with Crippen LogP contribution < -0.4 is 11.5 Å². The number of benzene rings is 1. The monoisotopic (exact) mass is 248 g/mol. The fourth-order valence-corrected chi connectivity index (χ4v) is 2.23. The Kier molecular flexibility index (Phi) is 5.69. The fourth-order valence-electron chi connectivity index (χ4n) is 2.23. The summed E-state index contributed by atoms with van der Waals surface area (Å²) < 4.78 is 0. The second-order valence-electron chi connectivity index (χ2n) is 5.10. The molecule has 0 amide bonds. The summed E-state index contributed by atoms with van der Waals surface area (Å²) in [7, 11) is 0. The van der Waals surface area contributed by atoms with Gasteiger partial charge in [-0.05, 0) is 30.5 Å². The van der Waals surface area contributed by atoms with Crippen molar-refractivity contribution in [2.75, 3.05) is 11.5 Å². The first kappa shape index (κ1) is 14.6. The molecule has 3 heteroatoms. The van der Waals surface area contributed by atoms with Crippen molar-refractivity contribution in [3.05, 3.63) is 23.8 Å². The molecule has 1 aromatic carbocycles. The maximum absolute atomic E-state index is 12.0. The van der Waals surface area contributed by atoms with Crippen LogP contribution in [0.2, 0.25) is 0 Å². The van der Waals surface area contributed by atoms with Gasteiger partial charge >= 0.3 is 0 Å². The summed E-state index contributed by atoms with van der Waals surface area (Å²) in [4.78, 5) is 12.0. The zero-order valence-electron chi connectivity index (χ0n) is 11.4. The van der Waals surface area contributed by atoms with Crippen molar-refractivity contribution in [3.63, 3.8) is 0 Å². The zero-order valence-corrected chi connectivity index (χ0v) is 11.4. The molecule has 1 atom stereocenters. The Balaban J connectivity index is 2.45. The van der Waals surface area contributed by atoms with Gasteiger partial charge in [0.25, 0.3) is 0 Å². The molecule has 100 valence electrons. The molecule has 0 aliphatic rings. The summed E-state index contributed by atoms with van der Waals surface area (Å²) in [6.07, 6.45) is 5.07. The lowest BCUT2D eigenvalue weighted by Gasteiger charge is -2.09. The second kappa shape index (κ2) is 7.04. The highest BCUT2D eigenvalue weighted by Crippen LogP contribution is 2.18. The Morgan fingerprint density at radius 2 is 1.78 bits per heavy atom. The normalized spacial score (nSPS) is 12.3. The van der Waals surface area contributed by atoms with Crippen molar-refractivity contribution < 1.29 is 4.79 Å². The third kappa shape index (κ3) is 4.78. The first-order valence-electron chi connectivity index (χ1n) is 6.72. The summed E-state index contributed by atoms with van der Waals surface area (Å²) in [6, 6.07) is 5.07. The smallest absolute Gasteiger partial charge is 0.163 e. The molecule has 1 aromatic rings. The van der Waals surface area contributed by atoms with Crippen LogP contribution in [0.15, 0.2) is 18.2 Å². The van der Waals surface area contributed by atoms with Crippen LogP contribution >= 0.6 is 0 Å². The lowest BCUT2D eigenvalue weighted by atomic mass is 9.97. The van der Waals surface area contributed by atoms with Crippen LogP contribution in [0.3, 0.4) is 0 Å². The Bertz CT molecular complexity index is 381. The van der Waals surface area contributed by atoms with Crippen LogP contribution in [0.4, 0.5) is 11.4 Å². The van der Waals surface area contributed by atoms with E-state index in [0.717, 1.165) is 12.8 Å². The third-order valence-corrected chi connectivity index (χ3v) is 3.18. The van der Waals surface area contributed by atoms with Crippen molar-refractivity contribution in [2.24, 2.45) is 5.92 Å². The first-order valence-corrected chi connectivity index (χ1v) is 6.72. The Hall–Kier alpha value is -1.51. The van der Waals surface area contributed by atoms with E-state index in [9.17, 15) is 4.79 Å². The van der Waals surface area contributed by atoms with Gasteiger partial charge in [0.05, 0.1) is 0 Å². The largest absolute Gasteiger partial charge is 0.399 e. The summed E-state index contributed by atoms with van der Waals surface area (Å²) in [5.74, 6) is 0.839. The van der Waals surface area contributed by atoms with Gasteiger partial charge in [-0.15, -0.1) is 0 Å². The van der Waals surface area contributed by atoms with E-state index in [-0.39, 0.29) is 5.78 Å². The quantitative estimate of drug-likeness (QED) is 0.571. The molecule has 0 spiro atoms. The molecule has 0 bridgehead atoms. The number of ketones is 1. The minimum atomic E-state index is 0.137. The third-order valence-electron chi connectivity index (χ3n) is 3.18. The molecule has 4 N–H and O–H groups in total. The number of carbonyl (C=O) groups excluding carboxylic acids is 1. The number of nitrogen functional groups attached to an aromatic ring is 2. The van der Waals surface area contributed by atoms with Crippen LogP contribution in [-0.4, -0.2) is 5.78 Å². The highest BCUT2D eigenvalue weighted by Gasteiger charge is 2.08. The minimum Gasteiger partial charge on any atom is -0.399 e. The standard InChI is InChI=1S/C15H24N2O/c1-3-5-11(2)6-4-7-15(18)12-8-13(16)10-14(17)9-12/h8-11H,3-7,16-17H2,1-2H3. The number of hydrogen-bond donors (Lipinski definition) is 2. The topological polar surface area (TPSA) is 69.1 Å². The number of carbonyl (C=O) groups is 1. The minimum absolute atomic E-state index is 0.137. The second-order valence-corrected chi connectivity index (χ2v) is 5.10. The molecule has 0 aliphatic heterocycles. The Labute approximate surface area is 110 Å². The van der Waals surface area contributed by atoms with Gasteiger partial charge in [-0.1, -0.05) is 33.1 Å². The van der Waals surface area contributed by atoms with Crippen molar-refractivity contribution >= 4 is 17.2 Å². The molecule has 1 rings (SSSR count). The van der Waals surface area contributed by atoms with Gasteiger partial charge in [-0.2, -0.15) is 0 Å². The SMILES string of the molecule is CCCC(C)CCCC(=O)c1cc(N)cc(N)c1. The van der Waals surface area contributed by atoms with Gasteiger partial charge in [-0.3, -0.25) is 4.79 Å². The van der Waals surface area contributed by atoms with Gasteiger partial charge in [-0.25, -0.2) is 0 Å². The molecule has 0 heterocycles. The summed E-state index contributed by atoms with van der Waals surface area (Å²) >= 11 is 0. The average Bonchev–Trinajstić information content (AvgIpc) is 2.27. The molecule has 0 aliphatic carbocycles. The highest BCUT2D eigenvalue weighted by molar-refractivity contribution is 5.97. The van der Waals surface area contributed by atoms with Crippen molar-refractivity contribution in [3.8, 4) is 0 Å². The summed E-state index contributed by atoms with van der Waals surface area (Å²) in [5.41, 5.74) is 13.1. The molecular formula is C15H24N2O. The number of hydrogen-bond acceptors (Lipinski definition) is 3. The maximum atomic E-state index is 12.0. The predicted molar refractivity (Wildman–Crippen MR) is 77.5 cm³/mol. The molecule has 0 radical (unpaired) electrons. The number of nitrogens with two attached hydrogens (primary N) is 2. The van der Waals surface area contributed by atoms with E-state index in [0.29, 0.717) is 29.3 Å². The van der Waals surface area contributed by atoms with E-state index in [2.05, 4.69) is 13.8 Å². The molecule has 3 nitrogen and oxygen atoms in total.